The van der Waals surface area contributed by atoms with Crippen LogP contribution < -0.4 is 9.47 Å². The Bertz CT molecular complexity index is 1910. The second-order valence-electron chi connectivity index (χ2n) is 12.0. The molecule has 0 amide bonds. The summed E-state index contributed by atoms with van der Waals surface area (Å²) in [6.07, 6.45) is 2.06. The Morgan fingerprint density at radius 3 is 2.72 bits per heavy atom. The molecular weight excluding hydrogens is 621 g/mol. The largest absolute Gasteiger partial charge is 0.489 e. The molecule has 4 heterocycles. The molecule has 1 atom stereocenters. The molecule has 6 bridgehead atoms. The number of nitrogens with zero attached hydrogens (tertiary/aromatic N) is 3. The predicted molar refractivity (Wildman–Crippen MR) is 178 cm³/mol. The summed E-state index contributed by atoms with van der Waals surface area (Å²) in [5, 5.41) is 0.637. The van der Waals surface area contributed by atoms with Crippen LogP contribution in [0, 0.1) is 12.7 Å². The quantitative estimate of drug-likeness (QED) is 0.163. The third-order valence-electron chi connectivity index (χ3n) is 8.67. The highest BCUT2D eigenvalue weighted by Gasteiger charge is 2.24. The van der Waals surface area contributed by atoms with Crippen molar-refractivity contribution in [2.75, 3.05) is 33.5 Å². The van der Waals surface area contributed by atoms with E-state index in [0.29, 0.717) is 80.3 Å². The van der Waals surface area contributed by atoms with Crippen molar-refractivity contribution >= 4 is 22.6 Å². The van der Waals surface area contributed by atoms with Gasteiger partial charge in [0.15, 0.2) is 0 Å². The van der Waals surface area contributed by atoms with Crippen LogP contribution in [0.15, 0.2) is 60.7 Å². The Morgan fingerprint density at radius 2 is 1.89 bits per heavy atom. The Balaban J connectivity index is 1.28. The van der Waals surface area contributed by atoms with Gasteiger partial charge in [-0.15, -0.1) is 0 Å². The van der Waals surface area contributed by atoms with Crippen LogP contribution in [0.5, 0.6) is 11.6 Å². The first-order chi connectivity index (χ1) is 22.9. The van der Waals surface area contributed by atoms with Crippen molar-refractivity contribution in [2.45, 2.75) is 52.0 Å². The first kappa shape index (κ1) is 31.6. The van der Waals surface area contributed by atoms with Gasteiger partial charge in [0.25, 0.3) is 0 Å². The number of benzene rings is 3. The lowest BCUT2D eigenvalue weighted by Gasteiger charge is -2.27. The van der Waals surface area contributed by atoms with E-state index >= 15 is 4.39 Å². The first-order valence-electron chi connectivity index (χ1n) is 15.9. The van der Waals surface area contributed by atoms with Crippen LogP contribution in [-0.2, 0) is 46.8 Å². The highest BCUT2D eigenvalue weighted by atomic mass is 35.5. The fourth-order valence-electron chi connectivity index (χ4n) is 6.11. The molecule has 0 saturated carbocycles. The minimum absolute atomic E-state index is 0.102. The molecule has 3 aromatic carbocycles. The van der Waals surface area contributed by atoms with Gasteiger partial charge in [-0.1, -0.05) is 23.7 Å². The molecule has 0 N–H and O–H groups in total. The number of halogens is 2. The summed E-state index contributed by atoms with van der Waals surface area (Å²) in [6.45, 7) is 5.41. The lowest BCUT2D eigenvalue weighted by atomic mass is 9.96. The van der Waals surface area contributed by atoms with Crippen molar-refractivity contribution in [1.82, 2.24) is 14.5 Å². The van der Waals surface area contributed by atoms with Crippen molar-refractivity contribution in [3.63, 3.8) is 0 Å². The Kier molecular flexibility index (Phi) is 9.40. The summed E-state index contributed by atoms with van der Waals surface area (Å²) < 4.78 is 47.5. The highest BCUT2D eigenvalue weighted by Crippen LogP contribution is 2.33. The van der Waals surface area contributed by atoms with E-state index in [1.807, 2.05) is 43.3 Å². The zero-order chi connectivity index (χ0) is 32.3. The van der Waals surface area contributed by atoms with Crippen LogP contribution in [-0.4, -0.2) is 54.2 Å². The number of rotatable bonds is 8. The van der Waals surface area contributed by atoms with Crippen LogP contribution in [0.4, 0.5) is 4.39 Å². The summed E-state index contributed by atoms with van der Waals surface area (Å²) >= 11 is 6.50. The van der Waals surface area contributed by atoms with Crippen molar-refractivity contribution in [3.05, 3.63) is 105 Å². The summed E-state index contributed by atoms with van der Waals surface area (Å²) in [6, 6.07) is 18.8. The first-order valence-corrected chi connectivity index (χ1v) is 16.3. The smallest absolute Gasteiger partial charge is 0.214 e. The third-order valence-corrected chi connectivity index (χ3v) is 9.04. The molecule has 2 aliphatic rings. The van der Waals surface area contributed by atoms with E-state index in [1.54, 1.807) is 25.3 Å². The molecule has 0 radical (unpaired) electrons. The molecule has 1 fully saturated rings. The normalized spacial score (nSPS) is 16.2. The lowest BCUT2D eigenvalue weighted by Crippen LogP contribution is -2.31. The molecule has 10 heteroatoms. The number of aromatic nitrogens is 3. The maximum atomic E-state index is 16.1. The monoisotopic (exact) mass is 657 g/mol. The van der Waals surface area contributed by atoms with Crippen molar-refractivity contribution in [1.29, 1.82) is 0 Å². The average molecular weight is 658 g/mol. The zero-order valence-electron chi connectivity index (χ0n) is 26.6. The van der Waals surface area contributed by atoms with Gasteiger partial charge in [0, 0.05) is 36.8 Å². The average Bonchev–Trinajstić information content (AvgIpc) is 3.38. The number of hydrogen-bond donors (Lipinski definition) is 0. The summed E-state index contributed by atoms with van der Waals surface area (Å²) in [7, 11) is 1.65. The van der Waals surface area contributed by atoms with Crippen LogP contribution in [0.1, 0.15) is 40.1 Å². The van der Waals surface area contributed by atoms with E-state index in [9.17, 15) is 0 Å². The minimum atomic E-state index is -0.360. The number of aryl methyl sites for hydroxylation is 1. The van der Waals surface area contributed by atoms with Gasteiger partial charge in [-0.2, -0.15) is 0 Å². The van der Waals surface area contributed by atoms with Crippen molar-refractivity contribution in [2.24, 2.45) is 0 Å². The fourth-order valence-corrected chi connectivity index (χ4v) is 6.28. The molecule has 2 aliphatic heterocycles. The second kappa shape index (κ2) is 14.0. The molecule has 5 aromatic rings. The van der Waals surface area contributed by atoms with E-state index in [2.05, 4.69) is 15.6 Å². The summed E-state index contributed by atoms with van der Waals surface area (Å²) in [4.78, 5) is 9.77. The second-order valence-corrected chi connectivity index (χ2v) is 12.5. The molecule has 8 nitrogen and oxygen atoms in total. The molecular formula is C37H37ClFN3O5. The maximum Gasteiger partial charge on any atom is 0.214 e. The van der Waals surface area contributed by atoms with Gasteiger partial charge < -0.3 is 28.3 Å². The van der Waals surface area contributed by atoms with Gasteiger partial charge in [0.1, 0.15) is 36.1 Å². The maximum absolute atomic E-state index is 16.1. The lowest BCUT2D eigenvalue weighted by molar-refractivity contribution is -0.0589. The van der Waals surface area contributed by atoms with Crippen molar-refractivity contribution in [3.8, 4) is 22.9 Å². The third kappa shape index (κ3) is 6.99. The molecule has 1 unspecified atom stereocenters. The van der Waals surface area contributed by atoms with E-state index in [-0.39, 0.29) is 11.9 Å². The standard InChI is InChI=1S/C37H37ClFN3O5/c1-23-14-33-37(34(15-23)46-13-12-43-2)41-35(42(33)20-28-9-11-45-28)19-26-18-31(39)29-17-25(26)8-10-44-22-27-16-24(6-7-30(27)38)21-47-36-5-3-4-32(29)40-36/h3-7,14-18,28H,8-13,19-22H2,1-2H3. The molecule has 2 aromatic heterocycles. The van der Waals surface area contributed by atoms with Crippen LogP contribution in [0.2, 0.25) is 5.02 Å². The van der Waals surface area contributed by atoms with Gasteiger partial charge >= 0.3 is 0 Å². The summed E-state index contributed by atoms with van der Waals surface area (Å²) in [5.74, 6) is 1.58. The van der Waals surface area contributed by atoms with Gasteiger partial charge in [0.2, 0.25) is 5.88 Å². The number of ether oxygens (including phenoxy) is 5. The van der Waals surface area contributed by atoms with Crippen molar-refractivity contribution < 1.29 is 28.1 Å². The summed E-state index contributed by atoms with van der Waals surface area (Å²) in [5.41, 5.74) is 7.33. The van der Waals surface area contributed by atoms with Gasteiger partial charge in [-0.3, -0.25) is 0 Å². The Morgan fingerprint density at radius 1 is 1.00 bits per heavy atom. The van der Waals surface area contributed by atoms with E-state index in [4.69, 9.17) is 40.3 Å². The fraction of sp³-hybridized carbons (Fsp3) is 0.351. The van der Waals surface area contributed by atoms with E-state index < -0.39 is 0 Å². The molecule has 1 saturated heterocycles. The zero-order valence-corrected chi connectivity index (χ0v) is 27.3. The molecule has 47 heavy (non-hydrogen) atoms. The molecule has 7 rings (SSSR count). The number of imidazole rings is 1. The Hall–Kier alpha value is -4.02. The van der Waals surface area contributed by atoms with Gasteiger partial charge in [-0.05, 0) is 90.0 Å². The Labute approximate surface area is 278 Å². The molecule has 0 aliphatic carbocycles. The van der Waals surface area contributed by atoms with Crippen LogP contribution >= 0.6 is 11.6 Å². The van der Waals surface area contributed by atoms with Gasteiger partial charge in [0.05, 0.1) is 43.7 Å². The number of hydrogen-bond acceptors (Lipinski definition) is 7. The van der Waals surface area contributed by atoms with Gasteiger partial charge in [-0.25, -0.2) is 14.4 Å². The van der Waals surface area contributed by atoms with E-state index in [0.717, 1.165) is 57.7 Å². The minimum Gasteiger partial charge on any atom is -0.489 e. The SMILES string of the molecule is COCCOc1cc(C)cc2c1nc(Cc1cc(F)c3cc1CCOCc1cc(ccc1Cl)COc1cccc-3n1)n2CC1CCO1. The predicted octanol–water partition coefficient (Wildman–Crippen LogP) is 7.26. The molecule has 244 valence electrons. The number of fused-ring (bicyclic) bond motifs is 8. The molecule has 0 spiro atoms. The van der Waals surface area contributed by atoms with E-state index in [1.165, 1.54) is 0 Å². The van der Waals surface area contributed by atoms with Crippen LogP contribution in [0.3, 0.4) is 0 Å². The highest BCUT2D eigenvalue weighted by molar-refractivity contribution is 6.31. The number of pyridine rings is 1. The topological polar surface area (TPSA) is 76.9 Å². The number of methoxy groups -OCH3 is 1. The van der Waals surface area contributed by atoms with Crippen LogP contribution in [0.25, 0.3) is 22.3 Å².